The zero-order chi connectivity index (χ0) is 23.2. The fourth-order valence-corrected chi connectivity index (χ4v) is 3.13. The maximum Gasteiger partial charge on any atom is 0.335 e. The summed E-state index contributed by atoms with van der Waals surface area (Å²) in [5, 5.41) is 25.9. The Morgan fingerprint density at radius 2 is 1.79 bits per heavy atom. The second-order valence-electron chi connectivity index (χ2n) is 6.96. The van der Waals surface area contributed by atoms with Crippen LogP contribution in [0.4, 0.5) is 5.69 Å². The van der Waals surface area contributed by atoms with Crippen LogP contribution in [0, 0.1) is 11.3 Å². The topological polar surface area (TPSA) is 121 Å². The number of para-hydroxylation sites is 1. The zero-order valence-corrected chi connectivity index (χ0v) is 17.2. The number of nitrogens with zero attached hydrogens (tertiary/aromatic N) is 4. The molecule has 0 saturated heterocycles. The normalized spacial score (nSPS) is 10.9. The molecular weight excluding hydrogens is 418 g/mol. The summed E-state index contributed by atoms with van der Waals surface area (Å²) in [7, 11) is 0. The van der Waals surface area contributed by atoms with Gasteiger partial charge in [-0.25, -0.2) is 9.48 Å². The van der Waals surface area contributed by atoms with Crippen molar-refractivity contribution < 1.29 is 14.7 Å². The summed E-state index contributed by atoms with van der Waals surface area (Å²) in [6.07, 6.45) is 6.52. The van der Waals surface area contributed by atoms with E-state index in [0.29, 0.717) is 16.9 Å². The van der Waals surface area contributed by atoms with Gasteiger partial charge in [0.05, 0.1) is 11.3 Å². The lowest BCUT2D eigenvalue weighted by Gasteiger charge is -2.05. The van der Waals surface area contributed by atoms with E-state index in [4.69, 9.17) is 5.11 Å². The van der Waals surface area contributed by atoms with Gasteiger partial charge in [0.1, 0.15) is 17.3 Å². The molecule has 1 amide bonds. The fraction of sp³-hybridized carbons (Fsp3) is 0. The lowest BCUT2D eigenvalue weighted by molar-refractivity contribution is -0.112. The van der Waals surface area contributed by atoms with E-state index in [0.717, 1.165) is 11.3 Å². The van der Waals surface area contributed by atoms with Crippen molar-refractivity contribution in [3.05, 3.63) is 102 Å². The molecule has 0 bridgehead atoms. The van der Waals surface area contributed by atoms with Crippen molar-refractivity contribution in [1.29, 1.82) is 5.26 Å². The highest BCUT2D eigenvalue weighted by Crippen LogP contribution is 2.25. The van der Waals surface area contributed by atoms with E-state index in [-0.39, 0.29) is 11.1 Å². The smallest absolute Gasteiger partial charge is 0.335 e. The van der Waals surface area contributed by atoms with E-state index in [9.17, 15) is 14.9 Å². The number of nitriles is 1. The Bertz CT molecular complexity index is 1370. The molecule has 2 aromatic heterocycles. The van der Waals surface area contributed by atoms with Crippen molar-refractivity contribution in [3.8, 4) is 23.0 Å². The first-order chi connectivity index (χ1) is 16.0. The first-order valence-electron chi connectivity index (χ1n) is 9.87. The zero-order valence-electron chi connectivity index (χ0n) is 17.2. The van der Waals surface area contributed by atoms with Crippen LogP contribution >= 0.6 is 0 Å². The van der Waals surface area contributed by atoms with Crippen LogP contribution in [0.2, 0.25) is 0 Å². The van der Waals surface area contributed by atoms with Gasteiger partial charge in [-0.3, -0.25) is 9.78 Å². The SMILES string of the molecule is N#C/C(=C/c1cn(-c2ccccc2)nc1-c1cccnc1)C(=O)Nc1ccc(C(=O)O)cc1. The maximum atomic E-state index is 12.7. The Morgan fingerprint density at radius 3 is 2.42 bits per heavy atom. The quantitative estimate of drug-likeness (QED) is 0.346. The number of benzene rings is 2. The molecule has 8 heteroatoms. The number of carboxylic acids is 1. The number of pyridine rings is 1. The number of hydrogen-bond donors (Lipinski definition) is 2. The van der Waals surface area contributed by atoms with Crippen LogP contribution in [0.25, 0.3) is 23.0 Å². The molecule has 4 rings (SSSR count). The molecule has 0 aliphatic carbocycles. The van der Waals surface area contributed by atoms with Gasteiger partial charge in [-0.05, 0) is 54.6 Å². The van der Waals surface area contributed by atoms with Crippen LogP contribution in [0.1, 0.15) is 15.9 Å². The molecule has 0 radical (unpaired) electrons. The minimum absolute atomic E-state index is 0.0958. The van der Waals surface area contributed by atoms with Gasteiger partial charge in [0.2, 0.25) is 0 Å². The highest BCUT2D eigenvalue weighted by molar-refractivity contribution is 6.10. The van der Waals surface area contributed by atoms with Crippen LogP contribution in [0.5, 0.6) is 0 Å². The lowest BCUT2D eigenvalue weighted by atomic mass is 10.1. The van der Waals surface area contributed by atoms with Crippen molar-refractivity contribution in [3.63, 3.8) is 0 Å². The average molecular weight is 435 g/mol. The number of carbonyl (C=O) groups excluding carboxylic acids is 1. The Kier molecular flexibility index (Phi) is 6.05. The number of carboxylic acid groups (broad SMARTS) is 1. The molecule has 8 nitrogen and oxygen atoms in total. The van der Waals surface area contributed by atoms with Crippen molar-refractivity contribution >= 4 is 23.6 Å². The van der Waals surface area contributed by atoms with Crippen molar-refractivity contribution in [2.75, 3.05) is 5.32 Å². The molecule has 0 spiro atoms. The van der Waals surface area contributed by atoms with Crippen LogP contribution in [0.15, 0.2) is 90.9 Å². The number of aromatic carboxylic acids is 1. The standard InChI is InChI=1S/C25H17N5O3/c26-14-19(24(31)28-21-10-8-17(9-11-21)25(32)33)13-20-16-30(22-6-2-1-3-7-22)29-23(20)18-5-4-12-27-15-18/h1-13,15-16H,(H,28,31)(H,32,33)/b19-13-. The number of anilines is 1. The van der Waals surface area contributed by atoms with Crippen molar-refractivity contribution in [2.45, 2.75) is 0 Å². The first kappa shape index (κ1) is 21.2. The minimum atomic E-state index is -1.07. The number of aromatic nitrogens is 3. The molecule has 0 saturated carbocycles. The molecule has 0 atom stereocenters. The Hall–Kier alpha value is -5.03. The van der Waals surface area contributed by atoms with Gasteiger partial charge in [-0.15, -0.1) is 0 Å². The number of amides is 1. The van der Waals surface area contributed by atoms with E-state index >= 15 is 0 Å². The Balaban J connectivity index is 1.69. The molecule has 0 aliphatic rings. The van der Waals surface area contributed by atoms with Crippen LogP contribution < -0.4 is 5.32 Å². The van der Waals surface area contributed by atoms with Crippen LogP contribution in [-0.4, -0.2) is 31.7 Å². The molecule has 2 N–H and O–H groups in total. The Labute approximate surface area is 189 Å². The third-order valence-electron chi connectivity index (χ3n) is 4.75. The van der Waals surface area contributed by atoms with Gasteiger partial charge in [0, 0.05) is 35.4 Å². The highest BCUT2D eigenvalue weighted by Gasteiger charge is 2.15. The van der Waals surface area contributed by atoms with Crippen LogP contribution in [-0.2, 0) is 4.79 Å². The summed E-state index contributed by atoms with van der Waals surface area (Å²) in [5.41, 5.74) is 3.04. The van der Waals surface area contributed by atoms with Gasteiger partial charge >= 0.3 is 5.97 Å². The second-order valence-corrected chi connectivity index (χ2v) is 6.96. The average Bonchev–Trinajstić information content (AvgIpc) is 3.28. The van der Waals surface area contributed by atoms with Gasteiger partial charge in [-0.1, -0.05) is 18.2 Å². The second kappa shape index (κ2) is 9.41. The van der Waals surface area contributed by atoms with E-state index in [1.54, 1.807) is 29.3 Å². The number of hydrogen-bond acceptors (Lipinski definition) is 5. The summed E-state index contributed by atoms with van der Waals surface area (Å²) in [6.45, 7) is 0. The van der Waals surface area contributed by atoms with Crippen LogP contribution in [0.3, 0.4) is 0 Å². The predicted octanol–water partition coefficient (Wildman–Crippen LogP) is 4.18. The summed E-state index contributed by atoms with van der Waals surface area (Å²) >= 11 is 0. The third kappa shape index (κ3) is 4.84. The first-order valence-corrected chi connectivity index (χ1v) is 9.87. The number of carbonyl (C=O) groups is 2. The molecule has 0 fully saturated rings. The van der Waals surface area contributed by atoms with Crippen molar-refractivity contribution in [2.24, 2.45) is 0 Å². The molecule has 160 valence electrons. The fourth-order valence-electron chi connectivity index (χ4n) is 3.13. The molecule has 2 aromatic carbocycles. The molecule has 4 aromatic rings. The summed E-state index contributed by atoms with van der Waals surface area (Å²) < 4.78 is 1.67. The number of nitrogens with one attached hydrogen (secondary N) is 1. The van der Waals surface area contributed by atoms with Gasteiger partial charge in [0.25, 0.3) is 5.91 Å². The van der Waals surface area contributed by atoms with E-state index in [1.807, 2.05) is 42.5 Å². The molecular formula is C25H17N5O3. The predicted molar refractivity (Wildman–Crippen MR) is 122 cm³/mol. The molecule has 33 heavy (non-hydrogen) atoms. The monoisotopic (exact) mass is 435 g/mol. The third-order valence-corrected chi connectivity index (χ3v) is 4.75. The maximum absolute atomic E-state index is 12.7. The minimum Gasteiger partial charge on any atom is -0.478 e. The summed E-state index contributed by atoms with van der Waals surface area (Å²) in [5.74, 6) is -1.69. The molecule has 0 aliphatic heterocycles. The van der Waals surface area contributed by atoms with Crippen molar-refractivity contribution in [1.82, 2.24) is 14.8 Å². The van der Waals surface area contributed by atoms with E-state index in [1.165, 1.54) is 30.3 Å². The highest BCUT2D eigenvalue weighted by atomic mass is 16.4. The largest absolute Gasteiger partial charge is 0.478 e. The van der Waals surface area contributed by atoms with E-state index < -0.39 is 11.9 Å². The summed E-state index contributed by atoms with van der Waals surface area (Å²) in [6, 6.07) is 20.7. The summed E-state index contributed by atoms with van der Waals surface area (Å²) in [4.78, 5) is 27.9. The van der Waals surface area contributed by atoms with Gasteiger partial charge < -0.3 is 10.4 Å². The van der Waals surface area contributed by atoms with E-state index in [2.05, 4.69) is 15.4 Å². The Morgan fingerprint density at radius 1 is 1.03 bits per heavy atom. The molecule has 0 unspecified atom stereocenters. The number of rotatable bonds is 6. The molecule has 2 heterocycles. The lowest BCUT2D eigenvalue weighted by Crippen LogP contribution is -2.13. The van der Waals surface area contributed by atoms with Gasteiger partial charge in [-0.2, -0.15) is 10.4 Å². The van der Waals surface area contributed by atoms with Gasteiger partial charge in [0.15, 0.2) is 0 Å².